The van der Waals surface area contributed by atoms with Crippen LogP contribution in [-0.2, 0) is 4.79 Å². The van der Waals surface area contributed by atoms with Gasteiger partial charge in [-0.3, -0.25) is 9.78 Å². The fourth-order valence-electron chi connectivity index (χ4n) is 3.72. The second kappa shape index (κ2) is 8.68. The van der Waals surface area contributed by atoms with E-state index in [2.05, 4.69) is 31.3 Å². The first-order chi connectivity index (χ1) is 16.1. The van der Waals surface area contributed by atoms with Crippen LogP contribution in [0.1, 0.15) is 0 Å². The third kappa shape index (κ3) is 4.24. The average Bonchev–Trinajstić information content (AvgIpc) is 3.45. The molecule has 1 amide bonds. The van der Waals surface area contributed by atoms with Gasteiger partial charge >= 0.3 is 0 Å². The van der Waals surface area contributed by atoms with Crippen molar-refractivity contribution in [2.24, 2.45) is 0 Å². The molecule has 8 nitrogen and oxygen atoms in total. The van der Waals surface area contributed by atoms with Crippen LogP contribution in [0, 0.1) is 0 Å². The Kier molecular flexibility index (Phi) is 5.42. The number of hydrogen-bond donors (Lipinski definition) is 2. The van der Waals surface area contributed by atoms with Gasteiger partial charge in [0.25, 0.3) is 0 Å². The lowest BCUT2D eigenvalue weighted by atomic mass is 10.0. The lowest BCUT2D eigenvalue weighted by molar-refractivity contribution is -0.111. The number of likely N-dealkylation sites (N-methyl/N-ethyl adjacent to an activating group) is 1. The number of H-pyrrole nitrogens is 1. The number of nitrogens with one attached hydrogen (secondary N) is 2. The Labute approximate surface area is 190 Å². The molecule has 0 saturated heterocycles. The monoisotopic (exact) mass is 438 g/mol. The molecule has 0 aliphatic rings. The van der Waals surface area contributed by atoms with Gasteiger partial charge in [-0.2, -0.15) is 0 Å². The fraction of sp³-hybridized carbons (Fsp3) is 0.120. The summed E-state index contributed by atoms with van der Waals surface area (Å²) in [5, 5.41) is 4.78. The number of carbonyl (C=O) groups is 1. The number of aromatic nitrogens is 4. The SMILES string of the molecule is CN(C)C/C=C/C(=O)Nc1cncc(-c2cnc3[nH]cc(-c4ccnc5occc45)c3c2)c1. The van der Waals surface area contributed by atoms with Crippen LogP contribution in [0.5, 0.6) is 0 Å². The molecule has 0 aliphatic heterocycles. The van der Waals surface area contributed by atoms with Gasteiger partial charge in [0, 0.05) is 64.9 Å². The van der Waals surface area contributed by atoms with Gasteiger partial charge in [-0.1, -0.05) is 6.08 Å². The molecular formula is C25H22N6O2. The molecule has 5 heterocycles. The highest BCUT2D eigenvalue weighted by Crippen LogP contribution is 2.35. The predicted molar refractivity (Wildman–Crippen MR) is 129 cm³/mol. The van der Waals surface area contributed by atoms with E-state index in [0.29, 0.717) is 17.9 Å². The summed E-state index contributed by atoms with van der Waals surface area (Å²) in [7, 11) is 3.89. The molecular weight excluding hydrogens is 416 g/mol. The lowest BCUT2D eigenvalue weighted by Gasteiger charge is -2.07. The molecule has 164 valence electrons. The molecule has 33 heavy (non-hydrogen) atoms. The maximum absolute atomic E-state index is 12.2. The maximum Gasteiger partial charge on any atom is 0.248 e. The van der Waals surface area contributed by atoms with Crippen molar-refractivity contribution >= 4 is 33.7 Å². The van der Waals surface area contributed by atoms with Crippen LogP contribution in [0.3, 0.4) is 0 Å². The van der Waals surface area contributed by atoms with E-state index in [9.17, 15) is 4.79 Å². The largest absolute Gasteiger partial charge is 0.446 e. The minimum Gasteiger partial charge on any atom is -0.446 e. The summed E-state index contributed by atoms with van der Waals surface area (Å²) >= 11 is 0. The molecule has 0 bridgehead atoms. The van der Waals surface area contributed by atoms with Gasteiger partial charge in [-0.05, 0) is 43.9 Å². The maximum atomic E-state index is 12.2. The molecule has 0 spiro atoms. The fourth-order valence-corrected chi connectivity index (χ4v) is 3.72. The van der Waals surface area contributed by atoms with Gasteiger partial charge in [-0.15, -0.1) is 0 Å². The Morgan fingerprint density at radius 3 is 2.85 bits per heavy atom. The van der Waals surface area contributed by atoms with Crippen molar-refractivity contribution in [3.05, 3.63) is 73.7 Å². The smallest absolute Gasteiger partial charge is 0.248 e. The summed E-state index contributed by atoms with van der Waals surface area (Å²) < 4.78 is 5.46. The average molecular weight is 438 g/mol. The molecule has 0 unspecified atom stereocenters. The van der Waals surface area contributed by atoms with Crippen LogP contribution in [-0.4, -0.2) is 51.4 Å². The highest BCUT2D eigenvalue weighted by atomic mass is 16.3. The molecule has 2 N–H and O–H groups in total. The quantitative estimate of drug-likeness (QED) is 0.379. The molecule has 0 fully saturated rings. The second-order valence-corrected chi connectivity index (χ2v) is 7.94. The summed E-state index contributed by atoms with van der Waals surface area (Å²) in [6.07, 6.45) is 13.8. The minimum absolute atomic E-state index is 0.195. The van der Waals surface area contributed by atoms with E-state index in [1.165, 1.54) is 6.08 Å². The molecule has 0 aliphatic carbocycles. The highest BCUT2D eigenvalue weighted by Gasteiger charge is 2.13. The van der Waals surface area contributed by atoms with Crippen LogP contribution in [0.4, 0.5) is 5.69 Å². The Bertz CT molecular complexity index is 1480. The molecule has 0 radical (unpaired) electrons. The highest BCUT2D eigenvalue weighted by molar-refractivity contribution is 6.03. The number of amides is 1. The van der Waals surface area contributed by atoms with Crippen molar-refractivity contribution in [2.45, 2.75) is 0 Å². The van der Waals surface area contributed by atoms with Crippen molar-refractivity contribution in [3.63, 3.8) is 0 Å². The van der Waals surface area contributed by atoms with Crippen molar-refractivity contribution in [1.29, 1.82) is 0 Å². The Morgan fingerprint density at radius 2 is 1.97 bits per heavy atom. The third-order valence-electron chi connectivity index (χ3n) is 5.27. The van der Waals surface area contributed by atoms with E-state index in [4.69, 9.17) is 4.42 Å². The van der Waals surface area contributed by atoms with Crippen molar-refractivity contribution in [3.8, 4) is 22.3 Å². The summed E-state index contributed by atoms with van der Waals surface area (Å²) in [6, 6.07) is 7.84. The molecule has 0 aromatic carbocycles. The zero-order valence-electron chi connectivity index (χ0n) is 18.2. The van der Waals surface area contributed by atoms with E-state index in [1.807, 2.05) is 49.5 Å². The van der Waals surface area contributed by atoms with E-state index >= 15 is 0 Å². The number of anilines is 1. The standard InChI is InChI=1S/C25H22N6O2/c1-31(2)8-3-4-23(32)30-18-10-16(12-26-14-18)17-11-21-22(15-29-24(21)28-13-17)19-5-7-27-25-20(19)6-9-33-25/h3-7,9-15H,8H2,1-2H3,(H,28,29)(H,30,32)/b4-3+. The number of furan rings is 1. The zero-order valence-corrected chi connectivity index (χ0v) is 18.2. The molecule has 8 heteroatoms. The minimum atomic E-state index is -0.195. The van der Waals surface area contributed by atoms with Crippen LogP contribution in [0.25, 0.3) is 44.4 Å². The predicted octanol–water partition coefficient (Wildman–Crippen LogP) is 4.49. The molecule has 0 saturated carbocycles. The van der Waals surface area contributed by atoms with Gasteiger partial charge < -0.3 is 19.6 Å². The summed E-state index contributed by atoms with van der Waals surface area (Å²) in [5.74, 6) is -0.195. The first-order valence-electron chi connectivity index (χ1n) is 10.5. The Hall–Kier alpha value is -4.30. The molecule has 5 rings (SSSR count). The number of rotatable bonds is 6. The topological polar surface area (TPSA) is 99.9 Å². The zero-order chi connectivity index (χ0) is 22.8. The normalized spacial score (nSPS) is 11.7. The molecule has 5 aromatic heterocycles. The first kappa shape index (κ1) is 20.6. The summed E-state index contributed by atoms with van der Waals surface area (Å²) in [5.41, 5.74) is 5.78. The van der Waals surface area contributed by atoms with E-state index in [-0.39, 0.29) is 5.91 Å². The van der Waals surface area contributed by atoms with Crippen LogP contribution >= 0.6 is 0 Å². The van der Waals surface area contributed by atoms with Crippen LogP contribution < -0.4 is 5.32 Å². The van der Waals surface area contributed by atoms with Gasteiger partial charge in [0.05, 0.1) is 18.1 Å². The van der Waals surface area contributed by atoms with E-state index < -0.39 is 0 Å². The van der Waals surface area contributed by atoms with Gasteiger partial charge in [-0.25, -0.2) is 9.97 Å². The Morgan fingerprint density at radius 1 is 1.09 bits per heavy atom. The number of aromatic amines is 1. The van der Waals surface area contributed by atoms with Gasteiger partial charge in [0.15, 0.2) is 0 Å². The van der Waals surface area contributed by atoms with E-state index in [0.717, 1.165) is 38.7 Å². The third-order valence-corrected chi connectivity index (χ3v) is 5.27. The first-order valence-corrected chi connectivity index (χ1v) is 10.5. The second-order valence-electron chi connectivity index (χ2n) is 7.94. The van der Waals surface area contributed by atoms with Crippen LogP contribution in [0.2, 0.25) is 0 Å². The number of fused-ring (bicyclic) bond motifs is 2. The lowest BCUT2D eigenvalue weighted by Crippen LogP contribution is -2.13. The van der Waals surface area contributed by atoms with E-state index in [1.54, 1.807) is 31.1 Å². The number of pyridine rings is 3. The number of nitrogens with zero attached hydrogens (tertiary/aromatic N) is 4. The summed E-state index contributed by atoms with van der Waals surface area (Å²) in [6.45, 7) is 0.693. The van der Waals surface area contributed by atoms with Crippen molar-refractivity contribution in [1.82, 2.24) is 24.8 Å². The van der Waals surface area contributed by atoms with Gasteiger partial charge in [0.1, 0.15) is 5.65 Å². The Balaban J connectivity index is 1.47. The van der Waals surface area contributed by atoms with Crippen LogP contribution in [0.15, 0.2) is 78.1 Å². The number of hydrogen-bond acceptors (Lipinski definition) is 6. The number of carbonyl (C=O) groups excluding carboxylic acids is 1. The van der Waals surface area contributed by atoms with Gasteiger partial charge in [0.2, 0.25) is 11.6 Å². The molecule has 5 aromatic rings. The summed E-state index contributed by atoms with van der Waals surface area (Å²) in [4.78, 5) is 30.6. The molecule has 0 atom stereocenters. The van der Waals surface area contributed by atoms with Crippen molar-refractivity contribution in [2.75, 3.05) is 26.0 Å². The van der Waals surface area contributed by atoms with Crippen molar-refractivity contribution < 1.29 is 9.21 Å².